The molecule has 0 atom stereocenters. The Kier molecular flexibility index (Phi) is 7.69. The van der Waals surface area contributed by atoms with Crippen LogP contribution in [0.2, 0.25) is 0 Å². The van der Waals surface area contributed by atoms with Gasteiger partial charge < -0.3 is 19.5 Å². The largest absolute Gasteiger partial charge is 0.497 e. The summed E-state index contributed by atoms with van der Waals surface area (Å²) in [5.41, 5.74) is 1.86. The standard InChI is InChI=1S/C26H25FN4O4/c1-3-34-15-16-35-26-29-24(18-11-13-21(33-2)14-12-18)31(30-26)20-8-6-7-19(17-20)28-25(32)22-9-4-5-10-23(22)27/h4-14,17H,3,15-16H2,1-2H3,(H,28,32). The van der Waals surface area contributed by atoms with E-state index < -0.39 is 11.7 Å². The van der Waals surface area contributed by atoms with E-state index in [0.29, 0.717) is 42.8 Å². The number of ether oxygens (including phenoxy) is 3. The van der Waals surface area contributed by atoms with Gasteiger partial charge in [-0.15, -0.1) is 5.10 Å². The molecular formula is C26H25FN4O4. The molecule has 8 nitrogen and oxygen atoms in total. The molecule has 1 amide bonds. The average Bonchev–Trinajstić information content (AvgIpc) is 3.31. The minimum atomic E-state index is -0.590. The monoisotopic (exact) mass is 476 g/mol. The van der Waals surface area contributed by atoms with Gasteiger partial charge in [0.05, 0.1) is 25.0 Å². The highest BCUT2D eigenvalue weighted by Gasteiger charge is 2.16. The zero-order chi connectivity index (χ0) is 24.6. The van der Waals surface area contributed by atoms with Crippen LogP contribution in [0.15, 0.2) is 72.8 Å². The van der Waals surface area contributed by atoms with E-state index in [9.17, 15) is 9.18 Å². The molecule has 0 aliphatic carbocycles. The minimum absolute atomic E-state index is 0.0393. The van der Waals surface area contributed by atoms with Gasteiger partial charge in [0.1, 0.15) is 18.2 Å². The number of aromatic nitrogens is 3. The van der Waals surface area contributed by atoms with Crippen molar-refractivity contribution in [3.63, 3.8) is 0 Å². The third-order valence-corrected chi connectivity index (χ3v) is 5.07. The van der Waals surface area contributed by atoms with E-state index in [1.807, 2.05) is 37.3 Å². The van der Waals surface area contributed by atoms with E-state index in [1.54, 1.807) is 36.1 Å². The summed E-state index contributed by atoms with van der Waals surface area (Å²) >= 11 is 0. The van der Waals surface area contributed by atoms with Gasteiger partial charge in [0.2, 0.25) is 0 Å². The number of amides is 1. The van der Waals surface area contributed by atoms with Crippen LogP contribution >= 0.6 is 0 Å². The molecule has 0 saturated carbocycles. The topological polar surface area (TPSA) is 87.5 Å². The first kappa shape index (κ1) is 23.9. The van der Waals surface area contributed by atoms with Crippen molar-refractivity contribution in [2.24, 2.45) is 0 Å². The second kappa shape index (κ2) is 11.3. The summed E-state index contributed by atoms with van der Waals surface area (Å²) in [5.74, 6) is 0.115. The van der Waals surface area contributed by atoms with Crippen LogP contribution in [0.1, 0.15) is 17.3 Å². The molecule has 0 aliphatic heterocycles. The first-order valence-corrected chi connectivity index (χ1v) is 11.1. The first-order chi connectivity index (χ1) is 17.1. The molecule has 0 unspecified atom stereocenters. The van der Waals surface area contributed by atoms with Crippen molar-refractivity contribution in [3.05, 3.63) is 84.2 Å². The molecule has 9 heteroatoms. The Balaban J connectivity index is 1.64. The Hall–Kier alpha value is -4.24. The Labute approximate surface area is 202 Å². The number of anilines is 1. The maximum absolute atomic E-state index is 14.0. The normalized spacial score (nSPS) is 10.7. The third-order valence-electron chi connectivity index (χ3n) is 5.07. The molecule has 4 aromatic rings. The van der Waals surface area contributed by atoms with Crippen molar-refractivity contribution < 1.29 is 23.4 Å². The summed E-state index contributed by atoms with van der Waals surface area (Å²) in [6.45, 7) is 3.22. The fraction of sp³-hybridized carbons (Fsp3) is 0.192. The van der Waals surface area contributed by atoms with Crippen LogP contribution in [0, 0.1) is 5.82 Å². The molecule has 1 aromatic heterocycles. The second-order valence-electron chi connectivity index (χ2n) is 7.39. The molecule has 0 spiro atoms. The minimum Gasteiger partial charge on any atom is -0.497 e. The number of rotatable bonds is 10. The van der Waals surface area contributed by atoms with Gasteiger partial charge in [-0.25, -0.2) is 9.07 Å². The van der Waals surface area contributed by atoms with Gasteiger partial charge in [0.25, 0.3) is 5.91 Å². The van der Waals surface area contributed by atoms with Gasteiger partial charge in [-0.1, -0.05) is 18.2 Å². The van der Waals surface area contributed by atoms with Crippen molar-refractivity contribution in [1.82, 2.24) is 14.8 Å². The van der Waals surface area contributed by atoms with Crippen LogP contribution in [0.4, 0.5) is 10.1 Å². The molecule has 0 radical (unpaired) electrons. The van der Waals surface area contributed by atoms with E-state index in [0.717, 1.165) is 5.56 Å². The van der Waals surface area contributed by atoms with Crippen molar-refractivity contribution in [2.75, 3.05) is 32.2 Å². The maximum Gasteiger partial charge on any atom is 0.336 e. The van der Waals surface area contributed by atoms with Crippen LogP contribution in [-0.4, -0.2) is 47.6 Å². The number of nitrogens with one attached hydrogen (secondary N) is 1. The summed E-state index contributed by atoms with van der Waals surface area (Å²) in [6, 6.07) is 20.4. The van der Waals surface area contributed by atoms with Crippen molar-refractivity contribution >= 4 is 11.6 Å². The summed E-state index contributed by atoms with van der Waals surface area (Å²) in [7, 11) is 1.60. The lowest BCUT2D eigenvalue weighted by molar-refractivity contribution is 0.102. The summed E-state index contributed by atoms with van der Waals surface area (Å²) in [5, 5.41) is 7.25. The Morgan fingerprint density at radius 1 is 1.03 bits per heavy atom. The molecule has 0 saturated heterocycles. The number of benzene rings is 3. The highest BCUT2D eigenvalue weighted by Crippen LogP contribution is 2.27. The highest BCUT2D eigenvalue weighted by molar-refractivity contribution is 6.04. The Morgan fingerprint density at radius 3 is 2.57 bits per heavy atom. The molecule has 3 aromatic carbocycles. The van der Waals surface area contributed by atoms with Gasteiger partial charge in [-0.2, -0.15) is 4.98 Å². The molecule has 180 valence electrons. The molecular weight excluding hydrogens is 451 g/mol. The Morgan fingerprint density at radius 2 is 1.83 bits per heavy atom. The number of carbonyl (C=O) groups is 1. The maximum atomic E-state index is 14.0. The van der Waals surface area contributed by atoms with E-state index in [-0.39, 0.29) is 11.6 Å². The zero-order valence-corrected chi connectivity index (χ0v) is 19.4. The molecule has 0 fully saturated rings. The van der Waals surface area contributed by atoms with Gasteiger partial charge in [0, 0.05) is 17.9 Å². The second-order valence-corrected chi connectivity index (χ2v) is 7.39. The lowest BCUT2D eigenvalue weighted by Crippen LogP contribution is -2.14. The summed E-state index contributed by atoms with van der Waals surface area (Å²) in [6.07, 6.45) is 0. The van der Waals surface area contributed by atoms with Gasteiger partial charge in [0.15, 0.2) is 5.82 Å². The number of hydrogen-bond acceptors (Lipinski definition) is 6. The lowest BCUT2D eigenvalue weighted by atomic mass is 10.2. The number of carbonyl (C=O) groups excluding carboxylic acids is 1. The fourth-order valence-corrected chi connectivity index (χ4v) is 3.36. The van der Waals surface area contributed by atoms with E-state index >= 15 is 0 Å². The molecule has 4 rings (SSSR count). The quantitative estimate of drug-likeness (QED) is 0.333. The van der Waals surface area contributed by atoms with Crippen molar-refractivity contribution in [1.29, 1.82) is 0 Å². The van der Waals surface area contributed by atoms with Crippen molar-refractivity contribution in [2.45, 2.75) is 6.92 Å². The lowest BCUT2D eigenvalue weighted by Gasteiger charge is -2.10. The first-order valence-electron chi connectivity index (χ1n) is 11.1. The summed E-state index contributed by atoms with van der Waals surface area (Å²) in [4.78, 5) is 17.1. The van der Waals surface area contributed by atoms with E-state index in [2.05, 4.69) is 15.4 Å². The van der Waals surface area contributed by atoms with Gasteiger partial charge in [-0.05, 0) is 61.5 Å². The zero-order valence-electron chi connectivity index (χ0n) is 19.4. The van der Waals surface area contributed by atoms with Gasteiger partial charge >= 0.3 is 6.01 Å². The number of methoxy groups -OCH3 is 1. The molecule has 1 N–H and O–H groups in total. The average molecular weight is 477 g/mol. The number of halogens is 1. The van der Waals surface area contributed by atoms with Crippen LogP contribution in [0.25, 0.3) is 17.1 Å². The van der Waals surface area contributed by atoms with E-state index in [4.69, 9.17) is 14.2 Å². The third kappa shape index (κ3) is 5.82. The smallest absolute Gasteiger partial charge is 0.336 e. The Bertz CT molecular complexity index is 1290. The molecule has 35 heavy (non-hydrogen) atoms. The SMILES string of the molecule is CCOCCOc1nc(-c2ccc(OC)cc2)n(-c2cccc(NC(=O)c3ccccc3F)c2)n1. The number of hydrogen-bond donors (Lipinski definition) is 1. The molecule has 0 aliphatic rings. The van der Waals surface area contributed by atoms with Gasteiger partial charge in [-0.3, -0.25) is 4.79 Å². The molecule has 1 heterocycles. The van der Waals surface area contributed by atoms with Crippen LogP contribution in [-0.2, 0) is 4.74 Å². The predicted octanol–water partition coefficient (Wildman–Crippen LogP) is 4.75. The van der Waals surface area contributed by atoms with E-state index in [1.165, 1.54) is 18.2 Å². The van der Waals surface area contributed by atoms with Crippen molar-refractivity contribution in [3.8, 4) is 28.8 Å². The predicted molar refractivity (Wildman–Crippen MR) is 130 cm³/mol. The number of nitrogens with zero attached hydrogens (tertiary/aromatic N) is 3. The highest BCUT2D eigenvalue weighted by atomic mass is 19.1. The summed E-state index contributed by atoms with van der Waals surface area (Å²) < 4.78 is 31.9. The van der Waals surface area contributed by atoms with Crippen LogP contribution < -0.4 is 14.8 Å². The van der Waals surface area contributed by atoms with Crippen LogP contribution in [0.5, 0.6) is 11.8 Å². The van der Waals surface area contributed by atoms with Crippen LogP contribution in [0.3, 0.4) is 0 Å². The molecule has 0 bridgehead atoms. The fourth-order valence-electron chi connectivity index (χ4n) is 3.36.